The van der Waals surface area contributed by atoms with E-state index in [4.69, 9.17) is 19.9 Å². The summed E-state index contributed by atoms with van der Waals surface area (Å²) in [4.78, 5) is 14.5. The summed E-state index contributed by atoms with van der Waals surface area (Å²) in [5.74, 6) is 1.67. The molecule has 2 aromatic rings. The Hall–Kier alpha value is -2.74. The number of benzene rings is 1. The average Bonchev–Trinajstić information content (AvgIpc) is 3.14. The van der Waals surface area contributed by atoms with E-state index in [1.807, 2.05) is 17.0 Å². The maximum atomic E-state index is 12.6. The van der Waals surface area contributed by atoms with Crippen molar-refractivity contribution in [3.63, 3.8) is 0 Å². The fourth-order valence-electron chi connectivity index (χ4n) is 4.09. The lowest BCUT2D eigenvalue weighted by atomic mass is 9.79. The molecule has 1 aromatic carbocycles. The predicted octanol–water partition coefficient (Wildman–Crippen LogP) is 1.71. The molecule has 8 nitrogen and oxygen atoms in total. The number of hydrogen-bond acceptors (Lipinski definition) is 6. The third kappa shape index (κ3) is 2.99. The zero-order valence-electron chi connectivity index (χ0n) is 15.6. The Morgan fingerprint density at radius 1 is 1.22 bits per heavy atom. The molecule has 1 fully saturated rings. The summed E-state index contributed by atoms with van der Waals surface area (Å²) in [6, 6.07) is 5.64. The van der Waals surface area contributed by atoms with Gasteiger partial charge in [-0.3, -0.25) is 9.89 Å². The second-order valence-corrected chi connectivity index (χ2v) is 6.96. The van der Waals surface area contributed by atoms with Gasteiger partial charge in [0.2, 0.25) is 0 Å². The van der Waals surface area contributed by atoms with Crippen molar-refractivity contribution in [3.05, 3.63) is 35.0 Å². The van der Waals surface area contributed by atoms with Crippen LogP contribution in [0.4, 0.5) is 5.82 Å². The Labute approximate surface area is 157 Å². The molecule has 0 aliphatic carbocycles. The number of carbonyl (C=O) groups is 1. The van der Waals surface area contributed by atoms with Gasteiger partial charge in [0.25, 0.3) is 5.91 Å². The van der Waals surface area contributed by atoms with Crippen molar-refractivity contribution in [2.75, 3.05) is 39.6 Å². The standard InChI is InChI=1S/C19H24N4O4/c1-25-15-9-12-3-8-27-19(13(12)10-16(15)26-2)4-6-23(7-5-19)18(24)14-11-17(20)22-21-14/h9-11H,3-8H2,1-2H3,(H3,20,21,22). The lowest BCUT2D eigenvalue weighted by molar-refractivity contribution is -0.0936. The van der Waals surface area contributed by atoms with Gasteiger partial charge in [-0.15, -0.1) is 0 Å². The maximum absolute atomic E-state index is 12.6. The van der Waals surface area contributed by atoms with E-state index in [1.165, 1.54) is 5.56 Å². The maximum Gasteiger partial charge on any atom is 0.271 e. The lowest BCUT2D eigenvalue weighted by Gasteiger charge is -2.45. The van der Waals surface area contributed by atoms with Gasteiger partial charge < -0.3 is 24.8 Å². The number of nitrogens with two attached hydrogens (primary N) is 1. The summed E-state index contributed by atoms with van der Waals surface area (Å²) < 4.78 is 17.2. The third-order valence-corrected chi connectivity index (χ3v) is 5.54. The Balaban J connectivity index is 1.57. The highest BCUT2D eigenvalue weighted by molar-refractivity contribution is 5.93. The predicted molar refractivity (Wildman–Crippen MR) is 99.0 cm³/mol. The largest absolute Gasteiger partial charge is 0.493 e. The fourth-order valence-corrected chi connectivity index (χ4v) is 4.09. The summed E-state index contributed by atoms with van der Waals surface area (Å²) in [5, 5.41) is 6.52. The highest BCUT2D eigenvalue weighted by Crippen LogP contribution is 2.45. The fraction of sp³-hybridized carbons (Fsp3) is 0.474. The number of likely N-dealkylation sites (tertiary alicyclic amines) is 1. The Bertz CT molecular complexity index is 855. The van der Waals surface area contributed by atoms with Crippen LogP contribution < -0.4 is 15.2 Å². The number of methoxy groups -OCH3 is 2. The molecule has 144 valence electrons. The van der Waals surface area contributed by atoms with Gasteiger partial charge in [-0.05, 0) is 42.5 Å². The number of piperidine rings is 1. The van der Waals surface area contributed by atoms with E-state index in [0.717, 1.165) is 30.6 Å². The number of ether oxygens (including phenoxy) is 3. The van der Waals surface area contributed by atoms with Crippen LogP contribution in [0.25, 0.3) is 0 Å². The monoisotopic (exact) mass is 372 g/mol. The molecule has 0 atom stereocenters. The normalized spacial score (nSPS) is 18.2. The van der Waals surface area contributed by atoms with Crippen LogP contribution in [0.2, 0.25) is 0 Å². The molecule has 1 spiro atoms. The van der Waals surface area contributed by atoms with Gasteiger partial charge in [-0.2, -0.15) is 5.10 Å². The van der Waals surface area contributed by atoms with E-state index in [9.17, 15) is 4.79 Å². The molecule has 2 aliphatic rings. The highest BCUT2D eigenvalue weighted by Gasteiger charge is 2.42. The van der Waals surface area contributed by atoms with Gasteiger partial charge in [0.05, 0.1) is 26.4 Å². The average molecular weight is 372 g/mol. The number of carbonyl (C=O) groups excluding carboxylic acids is 1. The minimum atomic E-state index is -0.392. The van der Waals surface area contributed by atoms with Gasteiger partial charge in [-0.25, -0.2) is 0 Å². The van der Waals surface area contributed by atoms with Gasteiger partial charge in [0.1, 0.15) is 11.5 Å². The van der Waals surface area contributed by atoms with Crippen LogP contribution >= 0.6 is 0 Å². The number of fused-ring (bicyclic) bond motifs is 2. The quantitative estimate of drug-likeness (QED) is 0.850. The first-order chi connectivity index (χ1) is 13.1. The van der Waals surface area contributed by atoms with Crippen molar-refractivity contribution >= 4 is 11.7 Å². The number of anilines is 1. The summed E-state index contributed by atoms with van der Waals surface area (Å²) in [6.45, 7) is 1.87. The van der Waals surface area contributed by atoms with Crippen LogP contribution in [0.15, 0.2) is 18.2 Å². The molecular weight excluding hydrogens is 348 g/mol. The van der Waals surface area contributed by atoms with E-state index in [2.05, 4.69) is 10.2 Å². The summed E-state index contributed by atoms with van der Waals surface area (Å²) >= 11 is 0. The third-order valence-electron chi connectivity index (χ3n) is 5.54. The summed E-state index contributed by atoms with van der Waals surface area (Å²) in [6.07, 6.45) is 2.29. The molecule has 4 rings (SSSR count). The van der Waals surface area contributed by atoms with Crippen LogP contribution in [0.1, 0.15) is 34.5 Å². The van der Waals surface area contributed by atoms with E-state index < -0.39 is 5.60 Å². The second-order valence-electron chi connectivity index (χ2n) is 6.96. The van der Waals surface area contributed by atoms with Crippen molar-refractivity contribution < 1.29 is 19.0 Å². The van der Waals surface area contributed by atoms with Gasteiger partial charge >= 0.3 is 0 Å². The topological polar surface area (TPSA) is 103 Å². The van der Waals surface area contributed by atoms with Gasteiger partial charge in [-0.1, -0.05) is 0 Å². The number of aromatic amines is 1. The first-order valence-corrected chi connectivity index (χ1v) is 9.06. The molecular formula is C19H24N4O4. The lowest BCUT2D eigenvalue weighted by Crippen LogP contribution is -2.48. The number of H-pyrrole nitrogens is 1. The molecule has 8 heteroatoms. The second kappa shape index (κ2) is 6.77. The summed E-state index contributed by atoms with van der Waals surface area (Å²) in [7, 11) is 3.28. The van der Waals surface area contributed by atoms with Gasteiger partial charge in [0, 0.05) is 19.2 Å². The van der Waals surface area contributed by atoms with Crippen molar-refractivity contribution in [1.82, 2.24) is 15.1 Å². The molecule has 3 N–H and O–H groups in total. The Morgan fingerprint density at radius 3 is 2.56 bits per heavy atom. The zero-order chi connectivity index (χ0) is 19.0. The number of amides is 1. The van der Waals surface area contributed by atoms with Crippen molar-refractivity contribution in [2.45, 2.75) is 24.9 Å². The van der Waals surface area contributed by atoms with E-state index in [0.29, 0.717) is 37.0 Å². The summed E-state index contributed by atoms with van der Waals surface area (Å²) in [5.41, 5.74) is 8.00. The van der Waals surface area contributed by atoms with Crippen molar-refractivity contribution in [2.24, 2.45) is 0 Å². The Kier molecular flexibility index (Phi) is 4.43. The molecule has 1 amide bonds. The minimum Gasteiger partial charge on any atom is -0.493 e. The number of aromatic nitrogens is 2. The molecule has 0 unspecified atom stereocenters. The van der Waals surface area contributed by atoms with E-state index in [1.54, 1.807) is 20.3 Å². The van der Waals surface area contributed by atoms with Crippen LogP contribution in [0.5, 0.6) is 11.5 Å². The number of nitrogens with zero attached hydrogens (tertiary/aromatic N) is 2. The Morgan fingerprint density at radius 2 is 1.93 bits per heavy atom. The van der Waals surface area contributed by atoms with Crippen LogP contribution in [0, 0.1) is 0 Å². The van der Waals surface area contributed by atoms with Crippen LogP contribution in [-0.4, -0.2) is 54.9 Å². The van der Waals surface area contributed by atoms with Crippen molar-refractivity contribution in [1.29, 1.82) is 0 Å². The number of nitrogens with one attached hydrogen (secondary N) is 1. The molecule has 1 saturated heterocycles. The number of hydrogen-bond donors (Lipinski definition) is 2. The van der Waals surface area contributed by atoms with E-state index >= 15 is 0 Å². The SMILES string of the molecule is COc1cc2c(cc1OC)C1(CCN(C(=O)c3cc(N)n[nH]3)CC1)OCC2. The molecule has 1 aromatic heterocycles. The first kappa shape index (κ1) is 17.7. The minimum absolute atomic E-state index is 0.0857. The van der Waals surface area contributed by atoms with E-state index in [-0.39, 0.29) is 5.91 Å². The molecule has 0 radical (unpaired) electrons. The van der Waals surface area contributed by atoms with Crippen molar-refractivity contribution in [3.8, 4) is 11.5 Å². The molecule has 3 heterocycles. The van der Waals surface area contributed by atoms with Crippen LogP contribution in [-0.2, 0) is 16.8 Å². The van der Waals surface area contributed by atoms with Crippen LogP contribution in [0.3, 0.4) is 0 Å². The van der Waals surface area contributed by atoms with Gasteiger partial charge in [0.15, 0.2) is 11.5 Å². The smallest absolute Gasteiger partial charge is 0.271 e. The molecule has 27 heavy (non-hydrogen) atoms. The molecule has 0 saturated carbocycles. The molecule has 2 aliphatic heterocycles. The highest BCUT2D eigenvalue weighted by atomic mass is 16.5. The molecule has 0 bridgehead atoms. The first-order valence-electron chi connectivity index (χ1n) is 9.06. The number of nitrogen functional groups attached to an aromatic ring is 1. The number of rotatable bonds is 3. The zero-order valence-corrected chi connectivity index (χ0v) is 15.6.